The smallest absolute Gasteiger partial charge is 0.275 e. The Labute approximate surface area is 140 Å². The Morgan fingerprint density at radius 3 is 2.46 bits per heavy atom. The van der Waals surface area contributed by atoms with E-state index in [1.54, 1.807) is 7.05 Å². The summed E-state index contributed by atoms with van der Waals surface area (Å²) in [5.41, 5.74) is 1.86. The number of halogens is 2. The Bertz CT molecular complexity index is 715. The van der Waals surface area contributed by atoms with Gasteiger partial charge in [0, 0.05) is 19.7 Å². The van der Waals surface area contributed by atoms with E-state index in [0.717, 1.165) is 23.1 Å². The number of carbonyl (C=O) groups excluding carboxylic acids is 1. The first kappa shape index (κ1) is 17.8. The van der Waals surface area contributed by atoms with Crippen LogP contribution in [0.4, 0.5) is 8.78 Å². The maximum absolute atomic E-state index is 13.6. The van der Waals surface area contributed by atoms with Crippen molar-refractivity contribution in [3.8, 4) is 5.75 Å². The molecule has 0 N–H and O–H groups in total. The molecule has 4 nitrogen and oxygen atoms in total. The number of hydrogen-bond acceptors (Lipinski definition) is 3. The number of ether oxygens (including phenoxy) is 1. The van der Waals surface area contributed by atoms with Gasteiger partial charge >= 0.3 is 0 Å². The van der Waals surface area contributed by atoms with Gasteiger partial charge in [0.1, 0.15) is 11.6 Å². The molecule has 0 bridgehead atoms. The van der Waals surface area contributed by atoms with Crippen molar-refractivity contribution in [1.29, 1.82) is 0 Å². The van der Waals surface area contributed by atoms with Crippen LogP contribution in [0.15, 0.2) is 30.5 Å². The number of hydrogen-bond donors (Lipinski definition) is 0. The van der Waals surface area contributed by atoms with Gasteiger partial charge in [-0.15, -0.1) is 0 Å². The summed E-state index contributed by atoms with van der Waals surface area (Å²) < 4.78 is 32.1. The molecule has 0 spiro atoms. The fourth-order valence-electron chi connectivity index (χ4n) is 2.36. The molecule has 128 valence electrons. The largest absolute Gasteiger partial charge is 0.494 e. The zero-order valence-corrected chi connectivity index (χ0v) is 14.0. The summed E-state index contributed by atoms with van der Waals surface area (Å²) in [4.78, 5) is 17.0. The first-order valence-electron chi connectivity index (χ1n) is 7.64. The Kier molecular flexibility index (Phi) is 5.84. The number of pyridine rings is 1. The van der Waals surface area contributed by atoms with Gasteiger partial charge in [0.2, 0.25) is 0 Å². The van der Waals surface area contributed by atoms with Crippen molar-refractivity contribution in [2.24, 2.45) is 0 Å². The Balaban J connectivity index is 1.84. The van der Waals surface area contributed by atoms with Gasteiger partial charge in [-0.3, -0.25) is 4.79 Å². The molecule has 24 heavy (non-hydrogen) atoms. The Hall–Kier alpha value is -2.50. The second-order valence-corrected chi connectivity index (χ2v) is 5.74. The van der Waals surface area contributed by atoms with Crippen molar-refractivity contribution in [2.45, 2.75) is 20.3 Å². The topological polar surface area (TPSA) is 42.4 Å². The van der Waals surface area contributed by atoms with Crippen LogP contribution in [0.25, 0.3) is 0 Å². The standard InChI is InChI=1S/C18H20F2N2O2/c1-12-7-13(2)9-15(8-12)24-6-4-5-22(3)18(23)17-16(20)10-14(19)11-21-17/h7-11H,4-6H2,1-3H3. The highest BCUT2D eigenvalue weighted by Crippen LogP contribution is 2.16. The number of nitrogens with zero attached hydrogens (tertiary/aromatic N) is 2. The van der Waals surface area contributed by atoms with Gasteiger partial charge in [-0.25, -0.2) is 13.8 Å². The summed E-state index contributed by atoms with van der Waals surface area (Å²) in [5.74, 6) is -1.57. The van der Waals surface area contributed by atoms with Crippen LogP contribution in [0.5, 0.6) is 5.75 Å². The number of carbonyl (C=O) groups is 1. The van der Waals surface area contributed by atoms with E-state index in [9.17, 15) is 13.6 Å². The Morgan fingerprint density at radius 1 is 1.17 bits per heavy atom. The van der Waals surface area contributed by atoms with Gasteiger partial charge < -0.3 is 9.64 Å². The second kappa shape index (κ2) is 7.86. The molecule has 0 saturated carbocycles. The lowest BCUT2D eigenvalue weighted by atomic mass is 10.1. The van der Waals surface area contributed by atoms with Crippen LogP contribution in [0, 0.1) is 25.5 Å². The minimum absolute atomic E-state index is 0.377. The summed E-state index contributed by atoms with van der Waals surface area (Å²) in [6.45, 7) is 4.80. The van der Waals surface area contributed by atoms with Gasteiger partial charge in [0.15, 0.2) is 11.5 Å². The van der Waals surface area contributed by atoms with E-state index in [-0.39, 0.29) is 5.69 Å². The second-order valence-electron chi connectivity index (χ2n) is 5.74. The molecule has 2 rings (SSSR count). The summed E-state index contributed by atoms with van der Waals surface area (Å²) in [5, 5.41) is 0. The minimum atomic E-state index is -0.960. The monoisotopic (exact) mass is 334 g/mol. The van der Waals surface area contributed by atoms with Gasteiger partial charge in [-0.05, 0) is 43.5 Å². The molecule has 0 radical (unpaired) electrons. The number of benzene rings is 1. The molecule has 0 aliphatic heterocycles. The molecule has 0 fully saturated rings. The maximum Gasteiger partial charge on any atom is 0.275 e. The van der Waals surface area contributed by atoms with E-state index < -0.39 is 17.5 Å². The lowest BCUT2D eigenvalue weighted by Gasteiger charge is -2.17. The van der Waals surface area contributed by atoms with Crippen molar-refractivity contribution in [3.63, 3.8) is 0 Å². The van der Waals surface area contributed by atoms with E-state index >= 15 is 0 Å². The third-order valence-electron chi connectivity index (χ3n) is 3.46. The van der Waals surface area contributed by atoms with Crippen molar-refractivity contribution in [3.05, 3.63) is 58.9 Å². The van der Waals surface area contributed by atoms with Crippen molar-refractivity contribution in [2.75, 3.05) is 20.2 Å². The van der Waals surface area contributed by atoms with Gasteiger partial charge in [-0.2, -0.15) is 0 Å². The van der Waals surface area contributed by atoms with E-state index in [2.05, 4.69) is 11.1 Å². The normalized spacial score (nSPS) is 10.5. The summed E-state index contributed by atoms with van der Waals surface area (Å²) >= 11 is 0. The lowest BCUT2D eigenvalue weighted by Crippen LogP contribution is -2.30. The molecule has 1 amide bonds. The third-order valence-corrected chi connectivity index (χ3v) is 3.46. The molecule has 0 saturated heterocycles. The molecule has 0 unspecified atom stereocenters. The zero-order valence-electron chi connectivity index (χ0n) is 14.0. The molecule has 0 aliphatic rings. The van der Waals surface area contributed by atoms with E-state index in [1.165, 1.54) is 4.90 Å². The van der Waals surface area contributed by atoms with Gasteiger partial charge in [0.25, 0.3) is 5.91 Å². The fourth-order valence-corrected chi connectivity index (χ4v) is 2.36. The number of aryl methyl sites for hydroxylation is 2. The van der Waals surface area contributed by atoms with Crippen molar-refractivity contribution < 1.29 is 18.3 Å². The molecular formula is C18H20F2N2O2. The van der Waals surface area contributed by atoms with Crippen LogP contribution >= 0.6 is 0 Å². The third kappa shape index (κ3) is 4.75. The summed E-state index contributed by atoms with van der Waals surface area (Å²) in [6.07, 6.45) is 1.41. The highest BCUT2D eigenvalue weighted by molar-refractivity contribution is 5.92. The summed E-state index contributed by atoms with van der Waals surface area (Å²) in [6, 6.07) is 6.60. The predicted molar refractivity (Wildman–Crippen MR) is 87.1 cm³/mol. The van der Waals surface area contributed by atoms with Crippen LogP contribution in [0.1, 0.15) is 28.0 Å². The molecule has 2 aromatic rings. The molecule has 1 aromatic heterocycles. The van der Waals surface area contributed by atoms with Crippen LogP contribution in [0.3, 0.4) is 0 Å². The molecule has 0 atom stereocenters. The minimum Gasteiger partial charge on any atom is -0.494 e. The molecular weight excluding hydrogens is 314 g/mol. The molecule has 1 heterocycles. The summed E-state index contributed by atoms with van der Waals surface area (Å²) in [7, 11) is 1.55. The highest BCUT2D eigenvalue weighted by Gasteiger charge is 2.18. The van der Waals surface area contributed by atoms with Crippen LogP contribution < -0.4 is 4.74 Å². The molecule has 1 aromatic carbocycles. The van der Waals surface area contributed by atoms with E-state index in [4.69, 9.17) is 4.74 Å². The molecule has 6 heteroatoms. The maximum atomic E-state index is 13.6. The quantitative estimate of drug-likeness (QED) is 0.759. The first-order chi connectivity index (χ1) is 11.4. The van der Waals surface area contributed by atoms with E-state index in [0.29, 0.717) is 25.6 Å². The fraction of sp³-hybridized carbons (Fsp3) is 0.333. The highest BCUT2D eigenvalue weighted by atomic mass is 19.1. The van der Waals surface area contributed by atoms with Gasteiger partial charge in [0.05, 0.1) is 12.8 Å². The SMILES string of the molecule is Cc1cc(C)cc(OCCCN(C)C(=O)c2ncc(F)cc2F)c1. The van der Waals surface area contributed by atoms with E-state index in [1.807, 2.05) is 26.0 Å². The lowest BCUT2D eigenvalue weighted by molar-refractivity contribution is 0.0776. The Morgan fingerprint density at radius 2 is 1.83 bits per heavy atom. The average Bonchev–Trinajstić information content (AvgIpc) is 2.50. The van der Waals surface area contributed by atoms with Gasteiger partial charge in [-0.1, -0.05) is 6.07 Å². The van der Waals surface area contributed by atoms with Crippen molar-refractivity contribution in [1.82, 2.24) is 9.88 Å². The zero-order chi connectivity index (χ0) is 17.7. The average molecular weight is 334 g/mol. The van der Waals surface area contributed by atoms with Crippen LogP contribution in [0.2, 0.25) is 0 Å². The predicted octanol–water partition coefficient (Wildman–Crippen LogP) is 3.52. The molecule has 0 aliphatic carbocycles. The van der Waals surface area contributed by atoms with Crippen molar-refractivity contribution >= 4 is 5.91 Å². The first-order valence-corrected chi connectivity index (χ1v) is 7.64. The number of rotatable bonds is 6. The van der Waals surface area contributed by atoms with Crippen LogP contribution in [-0.2, 0) is 0 Å². The van der Waals surface area contributed by atoms with Crippen LogP contribution in [-0.4, -0.2) is 36.0 Å². The number of amides is 1. The number of aromatic nitrogens is 1.